The number of aryl methyl sites for hydroxylation is 2. The molecule has 3 rings (SSSR count). The average molecular weight is 384 g/mol. The van der Waals surface area contributed by atoms with E-state index in [1.807, 2.05) is 12.1 Å². The van der Waals surface area contributed by atoms with Gasteiger partial charge in [0.2, 0.25) is 0 Å². The van der Waals surface area contributed by atoms with E-state index in [4.69, 9.17) is 0 Å². The van der Waals surface area contributed by atoms with E-state index in [1.54, 1.807) is 31.2 Å². The monoisotopic (exact) mass is 384 g/mol. The number of hydrogen-bond donors (Lipinski definition) is 0. The number of unbranched alkanes of at least 4 members (excludes halogenated alkanes) is 1. The van der Waals surface area contributed by atoms with E-state index >= 15 is 0 Å². The molecule has 0 N–H and O–H groups in total. The minimum absolute atomic E-state index is 0.261. The Kier molecular flexibility index (Phi) is 6.83. The van der Waals surface area contributed by atoms with Crippen LogP contribution in [0.3, 0.4) is 0 Å². The van der Waals surface area contributed by atoms with Gasteiger partial charge in [0.15, 0.2) is 0 Å². The quantitative estimate of drug-likeness (QED) is 0.457. The molecule has 2 heteroatoms. The molecule has 144 valence electrons. The van der Waals surface area contributed by atoms with Gasteiger partial charge in [-0.3, -0.25) is 0 Å². The van der Waals surface area contributed by atoms with Gasteiger partial charge >= 0.3 is 0 Å². The summed E-state index contributed by atoms with van der Waals surface area (Å²) in [5, 5.41) is 0. The highest BCUT2D eigenvalue weighted by molar-refractivity contribution is 5.49. The topological polar surface area (TPSA) is 0 Å². The second-order valence-corrected chi connectivity index (χ2v) is 6.96. The standard InChI is InChI=1S/C27H22F2/c1-3-4-5-21-8-10-22(11-9-21)12-13-24-15-17-25(27(29)19-24)16-14-23-7-6-20(2)26(28)18-23/h6-11,15,17-19H,3-5H2,1-2H3. The van der Waals surface area contributed by atoms with Gasteiger partial charge in [-0.1, -0.05) is 55.2 Å². The highest BCUT2D eigenvalue weighted by Crippen LogP contribution is 2.12. The lowest BCUT2D eigenvalue weighted by atomic mass is 10.1. The van der Waals surface area contributed by atoms with Crippen LogP contribution in [0.2, 0.25) is 0 Å². The lowest BCUT2D eigenvalue weighted by Gasteiger charge is -1.99. The van der Waals surface area contributed by atoms with Gasteiger partial charge in [0, 0.05) is 16.7 Å². The van der Waals surface area contributed by atoms with Gasteiger partial charge in [0.05, 0.1) is 5.56 Å². The molecule has 0 aliphatic carbocycles. The van der Waals surface area contributed by atoms with Crippen LogP contribution in [0, 0.1) is 42.2 Å². The van der Waals surface area contributed by atoms with E-state index in [0.717, 1.165) is 12.0 Å². The second kappa shape index (κ2) is 9.72. The maximum atomic E-state index is 14.3. The average Bonchev–Trinajstić information content (AvgIpc) is 2.73. The van der Waals surface area contributed by atoms with Gasteiger partial charge < -0.3 is 0 Å². The molecule has 0 aromatic heterocycles. The van der Waals surface area contributed by atoms with E-state index in [0.29, 0.717) is 16.7 Å². The highest BCUT2D eigenvalue weighted by Gasteiger charge is 2.01. The number of hydrogen-bond acceptors (Lipinski definition) is 0. The van der Waals surface area contributed by atoms with Crippen molar-refractivity contribution in [1.29, 1.82) is 0 Å². The number of benzene rings is 3. The van der Waals surface area contributed by atoms with Crippen molar-refractivity contribution in [3.8, 4) is 23.7 Å². The second-order valence-electron chi connectivity index (χ2n) is 6.96. The van der Waals surface area contributed by atoms with Gasteiger partial charge in [0.25, 0.3) is 0 Å². The van der Waals surface area contributed by atoms with Crippen LogP contribution in [-0.2, 0) is 6.42 Å². The molecule has 0 fully saturated rings. The van der Waals surface area contributed by atoms with Crippen molar-refractivity contribution in [3.63, 3.8) is 0 Å². The molecule has 0 aliphatic rings. The summed E-state index contributed by atoms with van der Waals surface area (Å²) in [7, 11) is 0. The van der Waals surface area contributed by atoms with Crippen molar-refractivity contribution < 1.29 is 8.78 Å². The summed E-state index contributed by atoms with van der Waals surface area (Å²) in [6.07, 6.45) is 3.43. The molecule has 0 saturated heterocycles. The van der Waals surface area contributed by atoms with Crippen LogP contribution in [0.5, 0.6) is 0 Å². The fourth-order valence-electron chi connectivity index (χ4n) is 2.78. The Labute approximate surface area is 171 Å². The van der Waals surface area contributed by atoms with E-state index in [-0.39, 0.29) is 11.4 Å². The number of halogens is 2. The van der Waals surface area contributed by atoms with Gasteiger partial charge in [-0.2, -0.15) is 0 Å². The molecule has 0 bridgehead atoms. The van der Waals surface area contributed by atoms with E-state index in [9.17, 15) is 8.78 Å². The van der Waals surface area contributed by atoms with Crippen molar-refractivity contribution >= 4 is 0 Å². The normalized spacial score (nSPS) is 9.93. The smallest absolute Gasteiger partial charge is 0.140 e. The SMILES string of the molecule is CCCCc1ccc(C#Cc2ccc(C#Cc3ccc(C)c(F)c3)c(F)c2)cc1. The van der Waals surface area contributed by atoms with Crippen LogP contribution >= 0.6 is 0 Å². The molecular weight excluding hydrogens is 362 g/mol. The first-order chi connectivity index (χ1) is 14.0. The zero-order valence-electron chi connectivity index (χ0n) is 16.7. The maximum absolute atomic E-state index is 14.3. The van der Waals surface area contributed by atoms with E-state index in [2.05, 4.69) is 42.7 Å². The summed E-state index contributed by atoms with van der Waals surface area (Å²) in [4.78, 5) is 0. The van der Waals surface area contributed by atoms with Crippen LogP contribution in [0.15, 0.2) is 60.7 Å². The molecule has 0 amide bonds. The summed E-state index contributed by atoms with van der Waals surface area (Å²) in [6.45, 7) is 3.87. The van der Waals surface area contributed by atoms with Crippen molar-refractivity contribution in [3.05, 3.63) is 106 Å². The molecule has 0 aliphatic heterocycles. The van der Waals surface area contributed by atoms with Crippen molar-refractivity contribution in [1.82, 2.24) is 0 Å². The molecule has 0 spiro atoms. The van der Waals surface area contributed by atoms with Crippen molar-refractivity contribution in [2.24, 2.45) is 0 Å². The first kappa shape index (κ1) is 20.4. The van der Waals surface area contributed by atoms with Crippen molar-refractivity contribution in [2.45, 2.75) is 33.1 Å². The number of rotatable bonds is 3. The Morgan fingerprint density at radius 2 is 1.28 bits per heavy atom. The summed E-state index contributed by atoms with van der Waals surface area (Å²) in [5.74, 6) is 10.9. The van der Waals surface area contributed by atoms with Gasteiger partial charge in [0.1, 0.15) is 11.6 Å². The Morgan fingerprint density at radius 1 is 0.690 bits per heavy atom. The summed E-state index contributed by atoms with van der Waals surface area (Å²) < 4.78 is 27.9. The molecule has 0 heterocycles. The first-order valence-corrected chi connectivity index (χ1v) is 9.74. The zero-order valence-corrected chi connectivity index (χ0v) is 16.7. The molecule has 3 aromatic rings. The molecular formula is C27H22F2. The Balaban J connectivity index is 1.73. The summed E-state index contributed by atoms with van der Waals surface area (Å²) in [6, 6.07) is 17.6. The van der Waals surface area contributed by atoms with E-state index < -0.39 is 5.82 Å². The van der Waals surface area contributed by atoms with Crippen molar-refractivity contribution in [2.75, 3.05) is 0 Å². The van der Waals surface area contributed by atoms with Crippen LogP contribution in [-0.4, -0.2) is 0 Å². The maximum Gasteiger partial charge on any atom is 0.140 e. The van der Waals surface area contributed by atoms with Gasteiger partial charge in [-0.15, -0.1) is 0 Å². The molecule has 0 unspecified atom stereocenters. The molecule has 0 nitrogen and oxygen atoms in total. The van der Waals surface area contributed by atoms with Crippen LogP contribution in [0.4, 0.5) is 8.78 Å². The molecule has 0 radical (unpaired) electrons. The molecule has 0 atom stereocenters. The third kappa shape index (κ3) is 5.81. The molecule has 3 aromatic carbocycles. The summed E-state index contributed by atoms with van der Waals surface area (Å²) >= 11 is 0. The third-order valence-electron chi connectivity index (χ3n) is 4.61. The lowest BCUT2D eigenvalue weighted by Crippen LogP contribution is -1.87. The first-order valence-electron chi connectivity index (χ1n) is 9.74. The zero-order chi connectivity index (χ0) is 20.6. The highest BCUT2D eigenvalue weighted by atomic mass is 19.1. The van der Waals surface area contributed by atoms with Crippen LogP contribution in [0.25, 0.3) is 0 Å². The third-order valence-corrected chi connectivity index (χ3v) is 4.61. The van der Waals surface area contributed by atoms with Gasteiger partial charge in [-0.05, 0) is 73.4 Å². The Bertz CT molecular complexity index is 1120. The predicted molar refractivity (Wildman–Crippen MR) is 115 cm³/mol. The summed E-state index contributed by atoms with van der Waals surface area (Å²) in [5.41, 5.74) is 4.12. The van der Waals surface area contributed by atoms with Gasteiger partial charge in [-0.25, -0.2) is 8.78 Å². The Morgan fingerprint density at radius 3 is 1.93 bits per heavy atom. The van der Waals surface area contributed by atoms with Crippen LogP contribution < -0.4 is 0 Å². The van der Waals surface area contributed by atoms with E-state index in [1.165, 1.54) is 30.5 Å². The van der Waals surface area contributed by atoms with Crippen LogP contribution in [0.1, 0.15) is 53.1 Å². The molecule has 0 saturated carbocycles. The predicted octanol–water partition coefficient (Wildman–Crippen LogP) is 6.42. The molecule has 29 heavy (non-hydrogen) atoms. The fourth-order valence-corrected chi connectivity index (χ4v) is 2.78. The fraction of sp³-hybridized carbons (Fsp3) is 0.185. The largest absolute Gasteiger partial charge is 0.207 e. The minimum atomic E-state index is -0.438. The Hall–Kier alpha value is -3.36. The lowest BCUT2D eigenvalue weighted by molar-refractivity contribution is 0.618. The minimum Gasteiger partial charge on any atom is -0.207 e.